The summed E-state index contributed by atoms with van der Waals surface area (Å²) in [6, 6.07) is 0.269. The first-order valence-electron chi connectivity index (χ1n) is 7.70. The molecule has 2 heterocycles. The number of aromatic nitrogens is 2. The summed E-state index contributed by atoms with van der Waals surface area (Å²) in [5.74, 6) is 0.968. The quantitative estimate of drug-likeness (QED) is 0.880. The fourth-order valence-corrected chi connectivity index (χ4v) is 2.58. The summed E-state index contributed by atoms with van der Waals surface area (Å²) in [6.07, 6.45) is 0. The normalized spacial score (nSPS) is 13.0. The zero-order valence-electron chi connectivity index (χ0n) is 14.5. The molecule has 2 N–H and O–H groups in total. The van der Waals surface area contributed by atoms with Crippen molar-refractivity contribution in [2.45, 2.75) is 40.7 Å². The number of hydrogen-bond donors (Lipinski definition) is 2. The van der Waals surface area contributed by atoms with Gasteiger partial charge in [0.25, 0.3) is 5.56 Å². The average molecular weight is 320 g/mol. The maximum absolute atomic E-state index is 12.3. The molecule has 0 aliphatic heterocycles. The Bertz CT molecular complexity index is 775. The average Bonchev–Trinajstić information content (AvgIpc) is 2.79. The summed E-state index contributed by atoms with van der Waals surface area (Å²) < 4.78 is 5.58. The Morgan fingerprint density at radius 3 is 2.57 bits per heavy atom. The van der Waals surface area contributed by atoms with Crippen LogP contribution in [0.25, 0.3) is 10.8 Å². The third-order valence-electron chi connectivity index (χ3n) is 4.30. The zero-order chi connectivity index (χ0) is 17.3. The first-order chi connectivity index (χ1) is 10.7. The summed E-state index contributed by atoms with van der Waals surface area (Å²) >= 11 is 0. The van der Waals surface area contributed by atoms with Crippen molar-refractivity contribution in [2.75, 3.05) is 18.9 Å². The van der Waals surface area contributed by atoms with Gasteiger partial charge in [-0.1, -0.05) is 13.8 Å². The van der Waals surface area contributed by atoms with Crippen LogP contribution >= 0.6 is 0 Å². The van der Waals surface area contributed by atoms with E-state index in [1.807, 2.05) is 11.9 Å². The van der Waals surface area contributed by atoms with E-state index in [2.05, 4.69) is 36.3 Å². The Hall–Kier alpha value is -2.15. The number of H-pyrrole nitrogens is 1. The molecule has 0 aliphatic rings. The molecular formula is C16H24N4O3. The minimum absolute atomic E-state index is 0.180. The Morgan fingerprint density at radius 2 is 1.96 bits per heavy atom. The lowest BCUT2D eigenvalue weighted by Gasteiger charge is -2.26. The fourth-order valence-electron chi connectivity index (χ4n) is 2.58. The van der Waals surface area contributed by atoms with E-state index in [0.717, 1.165) is 0 Å². The van der Waals surface area contributed by atoms with Gasteiger partial charge in [-0.25, -0.2) is 5.10 Å². The summed E-state index contributed by atoms with van der Waals surface area (Å²) in [6.45, 7) is 10.0. The molecule has 0 bridgehead atoms. The number of fused-ring (bicyclic) bond motifs is 1. The van der Waals surface area contributed by atoms with Gasteiger partial charge in [-0.3, -0.25) is 19.8 Å². The van der Waals surface area contributed by atoms with E-state index >= 15 is 0 Å². The molecule has 0 saturated carbocycles. The summed E-state index contributed by atoms with van der Waals surface area (Å²) in [5.41, 5.74) is 0.286. The molecule has 0 spiro atoms. The van der Waals surface area contributed by atoms with Gasteiger partial charge in [0.2, 0.25) is 11.8 Å². The smallest absolute Gasteiger partial charge is 0.277 e. The molecule has 2 rings (SSSR count). The topological polar surface area (TPSA) is 91.2 Å². The van der Waals surface area contributed by atoms with Crippen LogP contribution in [0.1, 0.15) is 32.2 Å². The molecule has 23 heavy (non-hydrogen) atoms. The number of aryl methyl sites for hydroxylation is 2. The highest BCUT2D eigenvalue weighted by atomic mass is 16.4. The molecule has 0 radical (unpaired) electrons. The number of carbonyl (C=O) groups is 1. The van der Waals surface area contributed by atoms with Gasteiger partial charge < -0.3 is 4.42 Å². The maximum Gasteiger partial charge on any atom is 0.277 e. The van der Waals surface area contributed by atoms with Gasteiger partial charge >= 0.3 is 0 Å². The van der Waals surface area contributed by atoms with Gasteiger partial charge in [0.15, 0.2) is 0 Å². The standard InChI is InChI=1S/C16H24N4O3/c1-8(2)10(4)20(6)7-12(21)17-16-14-13(11(5)23-16)9(3)18-19-15(14)22/h8,10H,7H2,1-6H3,(H,17,21)(H,19,22). The number of anilines is 1. The van der Waals surface area contributed by atoms with Crippen LogP contribution < -0.4 is 10.9 Å². The number of likely N-dealkylation sites (N-methyl/N-ethyl adjacent to an activating group) is 1. The molecule has 7 heteroatoms. The molecule has 0 saturated heterocycles. The number of nitrogens with one attached hydrogen (secondary N) is 2. The van der Waals surface area contributed by atoms with Gasteiger partial charge in [0.05, 0.1) is 17.6 Å². The minimum atomic E-state index is -0.373. The Kier molecular flexibility index (Phi) is 4.89. The van der Waals surface area contributed by atoms with Crippen molar-refractivity contribution in [3.05, 3.63) is 21.8 Å². The number of aromatic amines is 1. The van der Waals surface area contributed by atoms with Crippen molar-refractivity contribution in [3.8, 4) is 0 Å². The molecule has 0 fully saturated rings. The molecule has 0 aliphatic carbocycles. The van der Waals surface area contributed by atoms with E-state index in [9.17, 15) is 9.59 Å². The lowest BCUT2D eigenvalue weighted by atomic mass is 10.1. The number of rotatable bonds is 5. The molecule has 2 aromatic heterocycles. The van der Waals surface area contributed by atoms with Crippen molar-refractivity contribution in [1.29, 1.82) is 0 Å². The van der Waals surface area contributed by atoms with E-state index in [-0.39, 0.29) is 29.9 Å². The Labute approximate surface area is 135 Å². The van der Waals surface area contributed by atoms with Crippen LogP contribution in [0.4, 0.5) is 5.88 Å². The van der Waals surface area contributed by atoms with Crippen LogP contribution in [0.3, 0.4) is 0 Å². The lowest BCUT2D eigenvalue weighted by molar-refractivity contribution is -0.117. The maximum atomic E-state index is 12.3. The van der Waals surface area contributed by atoms with Gasteiger partial charge in [0.1, 0.15) is 11.1 Å². The third-order valence-corrected chi connectivity index (χ3v) is 4.30. The molecule has 0 aromatic carbocycles. The highest BCUT2D eigenvalue weighted by Crippen LogP contribution is 2.28. The summed E-state index contributed by atoms with van der Waals surface area (Å²) in [7, 11) is 1.90. The molecule has 126 valence electrons. The number of nitrogens with zero attached hydrogens (tertiary/aromatic N) is 2. The highest BCUT2D eigenvalue weighted by molar-refractivity contribution is 6.01. The van der Waals surface area contributed by atoms with Crippen molar-refractivity contribution in [1.82, 2.24) is 15.1 Å². The van der Waals surface area contributed by atoms with Gasteiger partial charge in [-0.15, -0.1) is 0 Å². The fraction of sp³-hybridized carbons (Fsp3) is 0.562. The number of amides is 1. The van der Waals surface area contributed by atoms with E-state index in [4.69, 9.17) is 4.42 Å². The monoisotopic (exact) mass is 320 g/mol. The van der Waals surface area contributed by atoms with Crippen molar-refractivity contribution in [3.63, 3.8) is 0 Å². The number of carbonyl (C=O) groups excluding carboxylic acids is 1. The van der Waals surface area contributed by atoms with Crippen LogP contribution in [0.5, 0.6) is 0 Å². The number of furan rings is 1. The SMILES string of the molecule is Cc1n[nH]c(=O)c2c(NC(=O)CN(C)C(C)C(C)C)oc(C)c12. The lowest BCUT2D eigenvalue weighted by Crippen LogP contribution is -2.39. The second kappa shape index (κ2) is 6.54. The second-order valence-corrected chi connectivity index (χ2v) is 6.32. The summed E-state index contributed by atoms with van der Waals surface area (Å²) in [4.78, 5) is 26.3. The van der Waals surface area contributed by atoms with Gasteiger partial charge in [-0.05, 0) is 33.7 Å². The molecular weight excluding hydrogens is 296 g/mol. The van der Waals surface area contributed by atoms with E-state index in [1.165, 1.54) is 0 Å². The second-order valence-electron chi connectivity index (χ2n) is 6.32. The van der Waals surface area contributed by atoms with Crippen molar-refractivity contribution >= 4 is 22.6 Å². The largest absolute Gasteiger partial charge is 0.444 e. The van der Waals surface area contributed by atoms with Crippen LogP contribution in [-0.4, -0.2) is 40.6 Å². The van der Waals surface area contributed by atoms with Gasteiger partial charge in [0, 0.05) is 6.04 Å². The van der Waals surface area contributed by atoms with E-state index < -0.39 is 0 Å². The molecule has 1 unspecified atom stereocenters. The minimum Gasteiger partial charge on any atom is -0.444 e. The van der Waals surface area contributed by atoms with Crippen molar-refractivity contribution < 1.29 is 9.21 Å². The molecule has 1 amide bonds. The Morgan fingerprint density at radius 1 is 1.30 bits per heavy atom. The Balaban J connectivity index is 2.24. The van der Waals surface area contributed by atoms with Gasteiger partial charge in [-0.2, -0.15) is 5.10 Å². The van der Waals surface area contributed by atoms with Crippen LogP contribution in [0.2, 0.25) is 0 Å². The summed E-state index contributed by atoms with van der Waals surface area (Å²) in [5, 5.41) is 10.0. The van der Waals surface area contributed by atoms with Crippen molar-refractivity contribution in [2.24, 2.45) is 5.92 Å². The molecule has 7 nitrogen and oxygen atoms in total. The molecule has 2 aromatic rings. The molecule has 1 atom stereocenters. The van der Waals surface area contributed by atoms with Crippen LogP contribution in [-0.2, 0) is 4.79 Å². The first-order valence-corrected chi connectivity index (χ1v) is 7.70. The highest BCUT2D eigenvalue weighted by Gasteiger charge is 2.20. The predicted molar refractivity (Wildman–Crippen MR) is 89.7 cm³/mol. The zero-order valence-corrected chi connectivity index (χ0v) is 14.5. The third kappa shape index (κ3) is 3.44. The van der Waals surface area contributed by atoms with E-state index in [0.29, 0.717) is 28.1 Å². The predicted octanol–water partition coefficient (Wildman–Crippen LogP) is 2.05. The van der Waals surface area contributed by atoms with E-state index in [1.54, 1.807) is 13.8 Å². The first kappa shape index (κ1) is 17.2. The number of hydrogen-bond acceptors (Lipinski definition) is 5. The van der Waals surface area contributed by atoms with Crippen LogP contribution in [0, 0.1) is 19.8 Å². The van der Waals surface area contributed by atoms with Crippen LogP contribution in [0.15, 0.2) is 9.21 Å².